The van der Waals surface area contributed by atoms with Crippen molar-refractivity contribution >= 4 is 29.9 Å². The number of amides is 2. The second-order valence-corrected chi connectivity index (χ2v) is 5.60. The van der Waals surface area contributed by atoms with E-state index < -0.39 is 6.04 Å². The highest BCUT2D eigenvalue weighted by Crippen LogP contribution is 2.25. The lowest BCUT2D eigenvalue weighted by atomic mass is 10.1. The summed E-state index contributed by atoms with van der Waals surface area (Å²) in [6, 6.07) is 4.88. The molecule has 0 aliphatic rings. The maximum atomic E-state index is 12.4. The van der Waals surface area contributed by atoms with Crippen LogP contribution in [0.3, 0.4) is 0 Å². The van der Waals surface area contributed by atoms with E-state index in [0.717, 1.165) is 11.1 Å². The first-order chi connectivity index (χ1) is 11.9. The number of carbonyl (C=O) groups is 2. The average Bonchev–Trinajstić information content (AvgIpc) is 2.99. The summed E-state index contributed by atoms with van der Waals surface area (Å²) in [6.45, 7) is 1.76. The highest BCUT2D eigenvalue weighted by molar-refractivity contribution is 5.90. The number of carbonyl (C=O) groups excluding carboxylic acids is 2. The van der Waals surface area contributed by atoms with E-state index in [9.17, 15) is 9.59 Å². The normalized spacial score (nSPS) is 11.2. The molecular formula is C17H24ClN5O3. The lowest BCUT2D eigenvalue weighted by molar-refractivity contribution is -0.123. The quantitative estimate of drug-likeness (QED) is 0.673. The minimum Gasteiger partial charge on any atom is -0.495 e. The van der Waals surface area contributed by atoms with Gasteiger partial charge in [-0.3, -0.25) is 14.3 Å². The summed E-state index contributed by atoms with van der Waals surface area (Å²) in [7, 11) is 5.06. The Morgan fingerprint density at radius 1 is 1.35 bits per heavy atom. The van der Waals surface area contributed by atoms with Crippen LogP contribution in [0, 0.1) is 0 Å². The highest BCUT2D eigenvalue weighted by atomic mass is 35.5. The lowest BCUT2D eigenvalue weighted by Gasteiger charge is -2.15. The van der Waals surface area contributed by atoms with Gasteiger partial charge in [-0.1, -0.05) is 6.07 Å². The van der Waals surface area contributed by atoms with Crippen LogP contribution in [0.25, 0.3) is 0 Å². The van der Waals surface area contributed by atoms with Gasteiger partial charge in [0, 0.05) is 32.3 Å². The van der Waals surface area contributed by atoms with E-state index in [1.807, 2.05) is 6.07 Å². The second kappa shape index (κ2) is 9.79. The molecule has 142 valence electrons. The molecule has 9 heteroatoms. The fourth-order valence-corrected chi connectivity index (χ4v) is 2.48. The van der Waals surface area contributed by atoms with Crippen molar-refractivity contribution in [2.45, 2.75) is 19.5 Å². The van der Waals surface area contributed by atoms with Crippen molar-refractivity contribution in [3.63, 3.8) is 0 Å². The first-order valence-corrected chi connectivity index (χ1v) is 7.82. The molecule has 0 saturated heterocycles. The maximum Gasteiger partial charge on any atom is 0.242 e. The predicted molar refractivity (Wildman–Crippen MR) is 101 cm³/mol. The number of anilines is 1. The third-order valence-electron chi connectivity index (χ3n) is 3.65. The number of aromatic nitrogens is 2. The Morgan fingerprint density at radius 2 is 2.08 bits per heavy atom. The lowest BCUT2D eigenvalue weighted by Crippen LogP contribution is -2.35. The third kappa shape index (κ3) is 5.47. The zero-order valence-electron chi connectivity index (χ0n) is 15.2. The molecule has 8 nitrogen and oxygen atoms in total. The van der Waals surface area contributed by atoms with Crippen molar-refractivity contribution in [1.82, 2.24) is 20.4 Å². The molecule has 0 aliphatic heterocycles. The van der Waals surface area contributed by atoms with Crippen LogP contribution in [-0.2, 0) is 23.2 Å². The van der Waals surface area contributed by atoms with Crippen molar-refractivity contribution in [2.75, 3.05) is 19.5 Å². The molecule has 1 atom stereocenters. The number of rotatable bonds is 7. The van der Waals surface area contributed by atoms with E-state index in [1.54, 1.807) is 43.3 Å². The van der Waals surface area contributed by atoms with Crippen LogP contribution in [0.5, 0.6) is 5.75 Å². The molecule has 26 heavy (non-hydrogen) atoms. The summed E-state index contributed by atoms with van der Waals surface area (Å²) in [4.78, 5) is 23.7. The Balaban J connectivity index is 0.00000338. The van der Waals surface area contributed by atoms with E-state index in [2.05, 4.69) is 21.0 Å². The molecule has 0 fully saturated rings. The molecule has 0 spiro atoms. The van der Waals surface area contributed by atoms with Crippen molar-refractivity contribution in [2.24, 2.45) is 7.05 Å². The number of halogens is 1. The number of methoxy groups -OCH3 is 1. The number of aryl methyl sites for hydroxylation is 1. The van der Waals surface area contributed by atoms with Crippen molar-refractivity contribution in [3.8, 4) is 5.75 Å². The number of hydrogen-bond acceptors (Lipinski definition) is 5. The van der Waals surface area contributed by atoms with Crippen LogP contribution in [-0.4, -0.2) is 35.8 Å². The SMILES string of the molecule is CNC(C(=O)NCc1ccc(OC)c(NC(C)=O)c1)c1cnn(C)c1.Cl. The Morgan fingerprint density at radius 3 is 2.62 bits per heavy atom. The van der Waals surface area contributed by atoms with Gasteiger partial charge >= 0.3 is 0 Å². The van der Waals surface area contributed by atoms with Crippen molar-refractivity contribution in [3.05, 3.63) is 41.7 Å². The van der Waals surface area contributed by atoms with Gasteiger partial charge in [-0.2, -0.15) is 5.10 Å². The van der Waals surface area contributed by atoms with Crippen LogP contribution < -0.4 is 20.7 Å². The van der Waals surface area contributed by atoms with Gasteiger partial charge in [0.05, 0.1) is 19.0 Å². The van der Waals surface area contributed by atoms with Crippen LogP contribution in [0.4, 0.5) is 5.69 Å². The predicted octanol–water partition coefficient (Wildman–Crippen LogP) is 1.39. The number of ether oxygens (including phenoxy) is 1. The molecule has 2 rings (SSSR count). The summed E-state index contributed by atoms with van der Waals surface area (Å²) in [5.74, 6) is 0.215. The van der Waals surface area contributed by atoms with Gasteiger partial charge in [-0.25, -0.2) is 0 Å². The fourth-order valence-electron chi connectivity index (χ4n) is 2.48. The standard InChI is InChI=1S/C17H23N5O3.ClH/c1-11(23)21-14-7-12(5-6-15(14)25-4)8-19-17(24)16(18-2)13-9-20-22(3)10-13;/h5-7,9-10,16,18H,8H2,1-4H3,(H,19,24)(H,21,23);1H. The zero-order chi connectivity index (χ0) is 18.4. The van der Waals surface area contributed by atoms with E-state index in [1.165, 1.54) is 14.0 Å². The second-order valence-electron chi connectivity index (χ2n) is 5.60. The van der Waals surface area contributed by atoms with Gasteiger partial charge in [0.1, 0.15) is 11.8 Å². The fraction of sp³-hybridized carbons (Fsp3) is 0.353. The monoisotopic (exact) mass is 381 g/mol. The number of hydrogen-bond donors (Lipinski definition) is 3. The van der Waals surface area contributed by atoms with Gasteiger partial charge in [-0.15, -0.1) is 12.4 Å². The molecule has 3 N–H and O–H groups in total. The largest absolute Gasteiger partial charge is 0.495 e. The maximum absolute atomic E-state index is 12.4. The Labute approximate surface area is 158 Å². The van der Waals surface area contributed by atoms with E-state index in [-0.39, 0.29) is 24.2 Å². The molecular weight excluding hydrogens is 358 g/mol. The molecule has 2 aromatic rings. The minimum atomic E-state index is -0.484. The van der Waals surface area contributed by atoms with E-state index in [4.69, 9.17) is 4.74 Å². The van der Waals surface area contributed by atoms with Crippen molar-refractivity contribution < 1.29 is 14.3 Å². The van der Waals surface area contributed by atoms with Crippen LogP contribution >= 0.6 is 12.4 Å². The Hall–Kier alpha value is -2.58. The Kier molecular flexibility index (Phi) is 8.08. The summed E-state index contributed by atoms with van der Waals surface area (Å²) in [6.07, 6.45) is 3.45. The topological polar surface area (TPSA) is 97.3 Å². The summed E-state index contributed by atoms with van der Waals surface area (Å²) < 4.78 is 6.87. The van der Waals surface area contributed by atoms with Gasteiger partial charge in [-0.05, 0) is 24.7 Å². The summed E-state index contributed by atoms with van der Waals surface area (Å²) >= 11 is 0. The number of nitrogens with zero attached hydrogens (tertiary/aromatic N) is 2. The van der Waals surface area contributed by atoms with Crippen LogP contribution in [0.1, 0.15) is 24.1 Å². The highest BCUT2D eigenvalue weighted by Gasteiger charge is 2.19. The number of nitrogens with one attached hydrogen (secondary N) is 3. The number of likely N-dealkylation sites (N-methyl/N-ethyl adjacent to an activating group) is 1. The molecule has 0 radical (unpaired) electrons. The third-order valence-corrected chi connectivity index (χ3v) is 3.65. The molecule has 0 bridgehead atoms. The Bertz CT molecular complexity index is 763. The summed E-state index contributed by atoms with van der Waals surface area (Å²) in [5, 5.41) is 12.7. The van der Waals surface area contributed by atoms with Gasteiger partial charge in [0.15, 0.2) is 0 Å². The van der Waals surface area contributed by atoms with Crippen LogP contribution in [0.2, 0.25) is 0 Å². The van der Waals surface area contributed by atoms with E-state index >= 15 is 0 Å². The number of benzene rings is 1. The first-order valence-electron chi connectivity index (χ1n) is 7.82. The molecule has 0 saturated carbocycles. The molecule has 1 aromatic carbocycles. The van der Waals surface area contributed by atoms with Gasteiger partial charge in [0.2, 0.25) is 11.8 Å². The molecule has 2 amide bonds. The van der Waals surface area contributed by atoms with Crippen LogP contribution in [0.15, 0.2) is 30.6 Å². The summed E-state index contributed by atoms with van der Waals surface area (Å²) in [5.41, 5.74) is 2.20. The molecule has 1 unspecified atom stereocenters. The average molecular weight is 382 g/mol. The molecule has 1 heterocycles. The molecule has 1 aromatic heterocycles. The van der Waals surface area contributed by atoms with Gasteiger partial charge < -0.3 is 20.7 Å². The smallest absolute Gasteiger partial charge is 0.242 e. The zero-order valence-corrected chi connectivity index (χ0v) is 16.0. The van der Waals surface area contributed by atoms with Crippen molar-refractivity contribution in [1.29, 1.82) is 0 Å². The molecule has 0 aliphatic carbocycles. The first kappa shape index (κ1) is 21.5. The van der Waals surface area contributed by atoms with E-state index in [0.29, 0.717) is 18.0 Å². The minimum absolute atomic E-state index is 0. The van der Waals surface area contributed by atoms with Gasteiger partial charge in [0.25, 0.3) is 0 Å².